The number of aromatic nitrogens is 2. The van der Waals surface area contributed by atoms with Crippen LogP contribution in [0.4, 0.5) is 5.82 Å². The number of aldehydes is 1. The summed E-state index contributed by atoms with van der Waals surface area (Å²) in [5, 5.41) is 6.92. The van der Waals surface area contributed by atoms with Crippen molar-refractivity contribution in [2.24, 2.45) is 0 Å². The van der Waals surface area contributed by atoms with Gasteiger partial charge in [-0.05, 0) is 19.2 Å². The highest BCUT2D eigenvalue weighted by Crippen LogP contribution is 2.19. The number of hydrogen-bond donors (Lipinski definition) is 2. The Kier molecular flexibility index (Phi) is 3.62. The van der Waals surface area contributed by atoms with E-state index in [1.165, 1.54) is 0 Å². The summed E-state index contributed by atoms with van der Waals surface area (Å²) in [6.07, 6.45) is 0.814. The largest absolute Gasteiger partial charge is 0.363 e. The Morgan fingerprint density at radius 3 is 2.88 bits per heavy atom. The molecule has 0 aliphatic carbocycles. The molecule has 0 spiro atoms. The zero-order valence-corrected chi connectivity index (χ0v) is 9.60. The molecule has 1 heterocycles. The van der Waals surface area contributed by atoms with Crippen LogP contribution in [-0.4, -0.2) is 29.8 Å². The summed E-state index contributed by atoms with van der Waals surface area (Å²) in [6.45, 7) is 0.848. The molecule has 0 atom stereocenters. The first kappa shape index (κ1) is 11.5. The molecule has 0 fully saturated rings. The molecular formula is C12H14N4O. The lowest BCUT2D eigenvalue weighted by Crippen LogP contribution is -2.12. The van der Waals surface area contributed by atoms with Gasteiger partial charge in [-0.25, -0.2) is 9.97 Å². The van der Waals surface area contributed by atoms with Crippen LogP contribution in [0.1, 0.15) is 5.82 Å². The molecule has 88 valence electrons. The summed E-state index contributed by atoms with van der Waals surface area (Å²) < 4.78 is 0. The normalized spacial score (nSPS) is 10.4. The van der Waals surface area contributed by atoms with Crippen molar-refractivity contribution in [1.29, 1.82) is 0 Å². The molecule has 2 N–H and O–H groups in total. The number of fused-ring (bicyclic) bond motifs is 1. The van der Waals surface area contributed by atoms with Crippen LogP contribution >= 0.6 is 0 Å². The van der Waals surface area contributed by atoms with E-state index in [-0.39, 0.29) is 6.54 Å². The van der Waals surface area contributed by atoms with Gasteiger partial charge >= 0.3 is 0 Å². The highest BCUT2D eigenvalue weighted by molar-refractivity contribution is 5.89. The minimum absolute atomic E-state index is 0.250. The monoisotopic (exact) mass is 230 g/mol. The number of carbonyl (C=O) groups is 1. The van der Waals surface area contributed by atoms with Gasteiger partial charge in [-0.3, -0.25) is 0 Å². The fourth-order valence-corrected chi connectivity index (χ4v) is 1.63. The number of nitrogens with zero attached hydrogens (tertiary/aromatic N) is 2. The number of hydrogen-bond acceptors (Lipinski definition) is 5. The van der Waals surface area contributed by atoms with E-state index in [0.29, 0.717) is 18.2 Å². The van der Waals surface area contributed by atoms with Gasteiger partial charge in [0.25, 0.3) is 0 Å². The van der Waals surface area contributed by atoms with Crippen molar-refractivity contribution in [3.63, 3.8) is 0 Å². The summed E-state index contributed by atoms with van der Waals surface area (Å²) in [5.74, 6) is 1.41. The average molecular weight is 230 g/mol. The first-order chi connectivity index (χ1) is 8.35. The zero-order chi connectivity index (χ0) is 12.1. The maximum atomic E-state index is 10.4. The Labute approximate surface area is 99.3 Å². The van der Waals surface area contributed by atoms with Crippen LogP contribution in [0.3, 0.4) is 0 Å². The highest BCUT2D eigenvalue weighted by Gasteiger charge is 2.05. The lowest BCUT2D eigenvalue weighted by atomic mass is 10.2. The van der Waals surface area contributed by atoms with Gasteiger partial charge in [0, 0.05) is 5.39 Å². The predicted octanol–water partition coefficient (Wildman–Crippen LogP) is 0.960. The number of anilines is 1. The Balaban J connectivity index is 2.48. The second-order valence-electron chi connectivity index (χ2n) is 3.58. The summed E-state index contributed by atoms with van der Waals surface area (Å²) in [7, 11) is 1.84. The van der Waals surface area contributed by atoms with Crippen molar-refractivity contribution in [3.05, 3.63) is 30.1 Å². The van der Waals surface area contributed by atoms with Crippen molar-refractivity contribution >= 4 is 23.0 Å². The van der Waals surface area contributed by atoms with Gasteiger partial charge in [0.05, 0.1) is 18.6 Å². The van der Waals surface area contributed by atoms with E-state index < -0.39 is 0 Å². The van der Waals surface area contributed by atoms with Gasteiger partial charge in [-0.2, -0.15) is 0 Å². The van der Waals surface area contributed by atoms with Gasteiger partial charge < -0.3 is 15.4 Å². The third-order valence-electron chi connectivity index (χ3n) is 2.34. The molecule has 0 saturated carbocycles. The van der Waals surface area contributed by atoms with Crippen LogP contribution in [0.15, 0.2) is 24.3 Å². The van der Waals surface area contributed by atoms with Crippen LogP contribution in [-0.2, 0) is 11.3 Å². The third kappa shape index (κ3) is 2.57. The fourth-order valence-electron chi connectivity index (χ4n) is 1.63. The Hall–Kier alpha value is -2.01. The average Bonchev–Trinajstić information content (AvgIpc) is 2.36. The number of para-hydroxylation sites is 1. The fraction of sp³-hybridized carbons (Fsp3) is 0.250. The van der Waals surface area contributed by atoms with E-state index in [4.69, 9.17) is 0 Å². The number of carbonyl (C=O) groups excluding carboxylic acids is 1. The van der Waals surface area contributed by atoms with Crippen molar-refractivity contribution in [2.45, 2.75) is 6.54 Å². The lowest BCUT2D eigenvalue weighted by molar-refractivity contribution is -0.106. The van der Waals surface area contributed by atoms with Gasteiger partial charge in [-0.15, -0.1) is 0 Å². The molecule has 0 radical (unpaired) electrons. The smallest absolute Gasteiger partial charge is 0.145 e. The summed E-state index contributed by atoms with van der Waals surface area (Å²) in [5.41, 5.74) is 0.876. The van der Waals surface area contributed by atoms with Crippen LogP contribution in [0.5, 0.6) is 0 Å². The van der Waals surface area contributed by atoms with Gasteiger partial charge in [0.1, 0.15) is 17.9 Å². The van der Waals surface area contributed by atoms with E-state index >= 15 is 0 Å². The summed E-state index contributed by atoms with van der Waals surface area (Å²) in [6, 6.07) is 7.73. The summed E-state index contributed by atoms with van der Waals surface area (Å²) >= 11 is 0. The quantitative estimate of drug-likeness (QED) is 0.749. The maximum absolute atomic E-state index is 10.4. The minimum atomic E-state index is 0.250. The molecule has 2 rings (SSSR count). The second-order valence-corrected chi connectivity index (χ2v) is 3.58. The first-order valence-electron chi connectivity index (χ1n) is 5.43. The predicted molar refractivity (Wildman–Crippen MR) is 66.9 cm³/mol. The Bertz CT molecular complexity index is 527. The molecule has 17 heavy (non-hydrogen) atoms. The number of nitrogens with one attached hydrogen (secondary N) is 2. The molecule has 0 saturated heterocycles. The van der Waals surface area contributed by atoms with E-state index in [9.17, 15) is 4.79 Å². The molecular weight excluding hydrogens is 216 g/mol. The Morgan fingerprint density at radius 1 is 1.29 bits per heavy atom. The minimum Gasteiger partial charge on any atom is -0.363 e. The molecule has 0 amide bonds. The molecule has 1 aromatic heterocycles. The van der Waals surface area contributed by atoms with E-state index in [2.05, 4.69) is 20.6 Å². The zero-order valence-electron chi connectivity index (χ0n) is 9.60. The molecule has 0 aliphatic heterocycles. The molecule has 1 aromatic carbocycles. The Morgan fingerprint density at radius 2 is 2.12 bits per heavy atom. The third-order valence-corrected chi connectivity index (χ3v) is 2.34. The summed E-state index contributed by atoms with van der Waals surface area (Å²) in [4.78, 5) is 19.2. The van der Waals surface area contributed by atoms with Crippen molar-refractivity contribution < 1.29 is 4.79 Å². The van der Waals surface area contributed by atoms with Crippen LogP contribution in [0.2, 0.25) is 0 Å². The topological polar surface area (TPSA) is 66.9 Å². The molecule has 2 aromatic rings. The SMILES string of the molecule is CNCc1nc(NCC=O)c2ccccc2n1. The number of benzene rings is 1. The maximum Gasteiger partial charge on any atom is 0.145 e. The molecule has 0 aliphatic rings. The van der Waals surface area contributed by atoms with Gasteiger partial charge in [0.2, 0.25) is 0 Å². The van der Waals surface area contributed by atoms with Gasteiger partial charge in [0.15, 0.2) is 0 Å². The van der Waals surface area contributed by atoms with Crippen molar-refractivity contribution in [1.82, 2.24) is 15.3 Å². The molecule has 5 heteroatoms. The molecule has 0 bridgehead atoms. The van der Waals surface area contributed by atoms with Crippen LogP contribution in [0, 0.1) is 0 Å². The highest BCUT2D eigenvalue weighted by atomic mass is 16.1. The lowest BCUT2D eigenvalue weighted by Gasteiger charge is -2.08. The first-order valence-corrected chi connectivity index (χ1v) is 5.43. The van der Waals surface area contributed by atoms with Crippen LogP contribution in [0.25, 0.3) is 10.9 Å². The molecule has 5 nitrogen and oxygen atoms in total. The van der Waals surface area contributed by atoms with Crippen LogP contribution < -0.4 is 10.6 Å². The van der Waals surface area contributed by atoms with E-state index in [0.717, 1.165) is 17.2 Å². The molecule has 0 unspecified atom stereocenters. The van der Waals surface area contributed by atoms with Crippen molar-refractivity contribution in [3.8, 4) is 0 Å². The number of rotatable bonds is 5. The van der Waals surface area contributed by atoms with E-state index in [1.807, 2.05) is 31.3 Å². The second kappa shape index (κ2) is 5.36. The van der Waals surface area contributed by atoms with Crippen molar-refractivity contribution in [2.75, 3.05) is 18.9 Å². The van der Waals surface area contributed by atoms with Gasteiger partial charge in [-0.1, -0.05) is 12.1 Å². The standard InChI is InChI=1S/C12H14N4O/c1-13-8-11-15-10-5-3-2-4-9(10)12(16-11)14-6-7-17/h2-5,7,13H,6,8H2,1H3,(H,14,15,16). The van der Waals surface area contributed by atoms with E-state index in [1.54, 1.807) is 0 Å².